The van der Waals surface area contributed by atoms with Crippen molar-refractivity contribution < 1.29 is 14.6 Å². The molecule has 3 aromatic rings. The number of pyridine rings is 1. The lowest BCUT2D eigenvalue weighted by Crippen LogP contribution is -2.22. The first kappa shape index (κ1) is 16.5. The molecule has 0 atom stereocenters. The second-order valence-corrected chi connectivity index (χ2v) is 6.25. The van der Waals surface area contributed by atoms with Crippen LogP contribution in [0.2, 0.25) is 0 Å². The van der Waals surface area contributed by atoms with E-state index in [1.807, 2.05) is 30.5 Å². The van der Waals surface area contributed by atoms with E-state index in [1.54, 1.807) is 14.2 Å². The summed E-state index contributed by atoms with van der Waals surface area (Å²) in [5, 5.41) is 13.6. The van der Waals surface area contributed by atoms with Gasteiger partial charge in [0, 0.05) is 18.0 Å². The Morgan fingerprint density at radius 3 is 2.46 bits per heavy atom. The molecule has 1 aromatic heterocycles. The smallest absolute Gasteiger partial charge is 0.162 e. The van der Waals surface area contributed by atoms with E-state index < -0.39 is 0 Å². The number of aromatic nitrogens is 1. The fourth-order valence-electron chi connectivity index (χ4n) is 3.34. The summed E-state index contributed by atoms with van der Waals surface area (Å²) in [7, 11) is 3.26. The highest BCUT2D eigenvalue weighted by Crippen LogP contribution is 2.42. The molecule has 26 heavy (non-hydrogen) atoms. The molecule has 2 heterocycles. The van der Waals surface area contributed by atoms with Crippen LogP contribution in [-0.4, -0.2) is 31.0 Å². The van der Waals surface area contributed by atoms with E-state index >= 15 is 0 Å². The molecule has 0 spiro atoms. The lowest BCUT2D eigenvalue weighted by molar-refractivity contribution is 0.282. The second-order valence-electron chi connectivity index (χ2n) is 6.25. The summed E-state index contributed by atoms with van der Waals surface area (Å²) in [4.78, 5) is 6.83. The summed E-state index contributed by atoms with van der Waals surface area (Å²) in [6.07, 6.45) is 1.86. The van der Waals surface area contributed by atoms with Gasteiger partial charge in [-0.3, -0.25) is 4.98 Å². The van der Waals surface area contributed by atoms with Crippen LogP contribution in [0, 0.1) is 0 Å². The molecular formula is C20H21N3O3. The van der Waals surface area contributed by atoms with Crippen LogP contribution in [0.5, 0.6) is 11.5 Å². The van der Waals surface area contributed by atoms with E-state index in [0.717, 1.165) is 34.4 Å². The van der Waals surface area contributed by atoms with Gasteiger partial charge in [-0.15, -0.1) is 0 Å². The third-order valence-electron chi connectivity index (χ3n) is 4.70. The lowest BCUT2D eigenvalue weighted by atomic mass is 10.1. The molecule has 0 radical (unpaired) electrons. The maximum Gasteiger partial charge on any atom is 0.162 e. The number of hydrogen-bond acceptors (Lipinski definition) is 6. The topological polar surface area (TPSA) is 66.9 Å². The summed E-state index contributed by atoms with van der Waals surface area (Å²) in [5.74, 6) is 1.36. The Hall–Kier alpha value is -2.99. The van der Waals surface area contributed by atoms with Gasteiger partial charge in [0.2, 0.25) is 0 Å². The van der Waals surface area contributed by atoms with Crippen molar-refractivity contribution in [3.63, 3.8) is 0 Å². The Labute approximate surface area is 152 Å². The quantitative estimate of drug-likeness (QED) is 0.736. The van der Waals surface area contributed by atoms with E-state index in [4.69, 9.17) is 9.47 Å². The van der Waals surface area contributed by atoms with E-state index in [2.05, 4.69) is 27.3 Å². The van der Waals surface area contributed by atoms with Gasteiger partial charge in [-0.1, -0.05) is 24.3 Å². The summed E-state index contributed by atoms with van der Waals surface area (Å²) >= 11 is 0. The summed E-state index contributed by atoms with van der Waals surface area (Å²) < 4.78 is 10.9. The number of benzene rings is 2. The molecule has 0 unspecified atom stereocenters. The Kier molecular flexibility index (Phi) is 4.26. The van der Waals surface area contributed by atoms with E-state index in [1.165, 1.54) is 5.56 Å². The fourth-order valence-corrected chi connectivity index (χ4v) is 3.34. The van der Waals surface area contributed by atoms with Crippen molar-refractivity contribution in [3.05, 3.63) is 53.7 Å². The van der Waals surface area contributed by atoms with Gasteiger partial charge in [0.25, 0.3) is 0 Å². The first-order chi connectivity index (χ1) is 12.7. The van der Waals surface area contributed by atoms with Crippen LogP contribution in [0.15, 0.2) is 42.6 Å². The van der Waals surface area contributed by atoms with Crippen molar-refractivity contribution in [2.24, 2.45) is 0 Å². The molecule has 6 nitrogen and oxygen atoms in total. The zero-order valence-corrected chi connectivity index (χ0v) is 14.8. The Morgan fingerprint density at radius 2 is 1.77 bits per heavy atom. The molecule has 0 fully saturated rings. The largest absolute Gasteiger partial charge is 0.493 e. The van der Waals surface area contributed by atoms with Crippen LogP contribution in [0.25, 0.3) is 10.9 Å². The maximum atomic E-state index is 9.20. The number of fused-ring (bicyclic) bond motifs is 3. The number of aliphatic hydroxyl groups excluding tert-OH is 1. The standard InChI is InChI=1S/C20H21N3O3/c1-25-18-7-15-16(8-19(18)26-2)21-9-17-20(15)23(12-22-17)10-13-3-5-14(11-24)6-4-13/h3-9,22,24H,10-12H2,1-2H3. The van der Waals surface area contributed by atoms with Gasteiger partial charge in [-0.25, -0.2) is 0 Å². The van der Waals surface area contributed by atoms with Gasteiger partial charge >= 0.3 is 0 Å². The predicted molar refractivity (Wildman–Crippen MR) is 102 cm³/mol. The minimum absolute atomic E-state index is 0.0618. The number of anilines is 2. The lowest BCUT2D eigenvalue weighted by Gasteiger charge is -2.20. The number of ether oxygens (including phenoxy) is 2. The molecule has 0 aliphatic carbocycles. The van der Waals surface area contributed by atoms with Crippen LogP contribution in [0.4, 0.5) is 11.4 Å². The van der Waals surface area contributed by atoms with Gasteiger partial charge in [-0.05, 0) is 17.2 Å². The zero-order valence-electron chi connectivity index (χ0n) is 14.8. The zero-order chi connectivity index (χ0) is 18.1. The van der Waals surface area contributed by atoms with Crippen molar-refractivity contribution in [1.29, 1.82) is 0 Å². The SMILES string of the molecule is COc1cc2ncc3c(c2cc1OC)N(Cc1ccc(CO)cc1)CN3. The average molecular weight is 351 g/mol. The number of aliphatic hydroxyl groups is 1. The number of nitrogens with one attached hydrogen (secondary N) is 1. The highest BCUT2D eigenvalue weighted by Gasteiger charge is 2.23. The van der Waals surface area contributed by atoms with Crippen LogP contribution in [-0.2, 0) is 13.2 Å². The molecule has 0 amide bonds. The molecular weight excluding hydrogens is 330 g/mol. The molecule has 1 aliphatic heterocycles. The van der Waals surface area contributed by atoms with Crippen molar-refractivity contribution in [1.82, 2.24) is 4.98 Å². The van der Waals surface area contributed by atoms with Crippen molar-refractivity contribution >= 4 is 22.3 Å². The maximum absolute atomic E-state index is 9.20. The monoisotopic (exact) mass is 351 g/mol. The molecule has 4 rings (SSSR count). The molecule has 2 aromatic carbocycles. The number of methoxy groups -OCH3 is 2. The highest BCUT2D eigenvalue weighted by molar-refractivity contribution is 6.01. The van der Waals surface area contributed by atoms with E-state index in [0.29, 0.717) is 18.2 Å². The first-order valence-electron chi connectivity index (χ1n) is 8.45. The minimum atomic E-state index is 0.0618. The first-order valence-corrected chi connectivity index (χ1v) is 8.45. The minimum Gasteiger partial charge on any atom is -0.493 e. The summed E-state index contributed by atoms with van der Waals surface area (Å²) in [5.41, 5.74) is 5.09. The fraction of sp³-hybridized carbons (Fsp3) is 0.250. The second kappa shape index (κ2) is 6.72. The Balaban J connectivity index is 1.75. The van der Waals surface area contributed by atoms with Crippen molar-refractivity contribution in [2.45, 2.75) is 13.2 Å². The third-order valence-corrected chi connectivity index (χ3v) is 4.70. The van der Waals surface area contributed by atoms with Gasteiger partial charge < -0.3 is 24.8 Å². The van der Waals surface area contributed by atoms with Crippen LogP contribution in [0.1, 0.15) is 11.1 Å². The molecule has 0 bridgehead atoms. The summed E-state index contributed by atoms with van der Waals surface area (Å²) in [6.45, 7) is 1.54. The van der Waals surface area contributed by atoms with Crippen LogP contribution in [0.3, 0.4) is 0 Å². The molecule has 0 saturated carbocycles. The molecule has 134 valence electrons. The van der Waals surface area contributed by atoms with Crippen molar-refractivity contribution in [3.8, 4) is 11.5 Å². The van der Waals surface area contributed by atoms with Gasteiger partial charge in [0.15, 0.2) is 11.5 Å². The van der Waals surface area contributed by atoms with Gasteiger partial charge in [0.1, 0.15) is 0 Å². The van der Waals surface area contributed by atoms with Gasteiger partial charge in [0.05, 0.1) is 50.6 Å². The number of hydrogen-bond donors (Lipinski definition) is 2. The van der Waals surface area contributed by atoms with Gasteiger partial charge in [-0.2, -0.15) is 0 Å². The van der Waals surface area contributed by atoms with Crippen LogP contribution < -0.4 is 19.7 Å². The Morgan fingerprint density at radius 1 is 1.08 bits per heavy atom. The number of rotatable bonds is 5. The Bertz CT molecular complexity index is 941. The third kappa shape index (κ3) is 2.78. The molecule has 0 saturated heterocycles. The average Bonchev–Trinajstić information content (AvgIpc) is 3.10. The normalized spacial score (nSPS) is 12.8. The molecule has 6 heteroatoms. The molecule has 2 N–H and O–H groups in total. The highest BCUT2D eigenvalue weighted by atomic mass is 16.5. The summed E-state index contributed by atoms with van der Waals surface area (Å²) in [6, 6.07) is 11.9. The van der Waals surface area contributed by atoms with E-state index in [9.17, 15) is 5.11 Å². The number of nitrogens with zero attached hydrogens (tertiary/aromatic N) is 2. The predicted octanol–water partition coefficient (Wildman–Crippen LogP) is 3.13. The van der Waals surface area contributed by atoms with Crippen LogP contribution >= 0.6 is 0 Å². The molecule has 1 aliphatic rings. The van der Waals surface area contributed by atoms with E-state index in [-0.39, 0.29) is 6.61 Å². The van der Waals surface area contributed by atoms with Crippen molar-refractivity contribution in [2.75, 3.05) is 31.1 Å².